The molecule has 1 N–H and O–H groups in total. The predicted molar refractivity (Wildman–Crippen MR) is 88.5 cm³/mol. The largest absolute Gasteiger partial charge is 0.380 e. The minimum absolute atomic E-state index is 0.417. The first-order chi connectivity index (χ1) is 10.2. The Morgan fingerprint density at radius 1 is 1.33 bits per heavy atom. The summed E-state index contributed by atoms with van der Waals surface area (Å²) in [7, 11) is 1.84. The molecular formula is C18H30N2O. The molecule has 0 spiro atoms. The third-order valence-corrected chi connectivity index (χ3v) is 4.49. The van der Waals surface area contributed by atoms with Gasteiger partial charge < -0.3 is 15.0 Å². The van der Waals surface area contributed by atoms with E-state index in [4.69, 9.17) is 4.74 Å². The zero-order chi connectivity index (χ0) is 15.1. The first-order valence-corrected chi connectivity index (χ1v) is 8.28. The number of hydrogen-bond donors (Lipinski definition) is 1. The highest BCUT2D eigenvalue weighted by Crippen LogP contribution is 2.24. The highest BCUT2D eigenvalue weighted by molar-refractivity contribution is 5.19. The lowest BCUT2D eigenvalue weighted by Crippen LogP contribution is -2.43. The number of ether oxygens (including phenoxy) is 1. The van der Waals surface area contributed by atoms with Crippen LogP contribution in [-0.2, 0) is 4.74 Å². The summed E-state index contributed by atoms with van der Waals surface area (Å²) in [5.74, 6) is 0.586. The fraction of sp³-hybridized carbons (Fsp3) is 0.667. The van der Waals surface area contributed by atoms with Gasteiger partial charge in [0.05, 0.1) is 6.10 Å². The molecule has 0 aliphatic carbocycles. The summed E-state index contributed by atoms with van der Waals surface area (Å²) in [4.78, 5) is 2.57. The van der Waals surface area contributed by atoms with Crippen LogP contribution >= 0.6 is 0 Å². The van der Waals surface area contributed by atoms with Crippen molar-refractivity contribution in [2.45, 2.75) is 38.8 Å². The van der Waals surface area contributed by atoms with E-state index in [2.05, 4.69) is 54.4 Å². The topological polar surface area (TPSA) is 24.5 Å². The summed E-state index contributed by atoms with van der Waals surface area (Å²) in [5.41, 5.74) is 1.40. The van der Waals surface area contributed by atoms with Gasteiger partial charge in [-0.25, -0.2) is 0 Å². The average Bonchev–Trinajstić information content (AvgIpc) is 2.53. The third-order valence-electron chi connectivity index (χ3n) is 4.49. The molecule has 0 amide bonds. The second-order valence-corrected chi connectivity index (χ2v) is 6.18. The summed E-state index contributed by atoms with van der Waals surface area (Å²) < 4.78 is 5.54. The standard InChI is InChI=1S/C18H30N2O/c1-4-19-18(16-9-6-5-7-10-16)15(2)13-20-12-8-11-17(14-20)21-3/h5-7,9-10,15,17-19H,4,8,11-14H2,1-3H3. The maximum atomic E-state index is 5.54. The molecule has 1 saturated heterocycles. The van der Waals surface area contributed by atoms with Crippen LogP contribution in [0.1, 0.15) is 38.3 Å². The van der Waals surface area contributed by atoms with Gasteiger partial charge in [0, 0.05) is 26.2 Å². The molecule has 0 radical (unpaired) electrons. The monoisotopic (exact) mass is 290 g/mol. The molecule has 3 atom stereocenters. The minimum atomic E-state index is 0.417. The lowest BCUT2D eigenvalue weighted by Gasteiger charge is -2.36. The van der Waals surface area contributed by atoms with Crippen molar-refractivity contribution in [3.8, 4) is 0 Å². The van der Waals surface area contributed by atoms with Gasteiger partial charge in [0.25, 0.3) is 0 Å². The molecule has 1 aromatic carbocycles. The lowest BCUT2D eigenvalue weighted by atomic mass is 9.93. The van der Waals surface area contributed by atoms with Crippen molar-refractivity contribution in [1.82, 2.24) is 10.2 Å². The number of nitrogens with zero attached hydrogens (tertiary/aromatic N) is 1. The maximum Gasteiger partial charge on any atom is 0.0698 e. The first-order valence-electron chi connectivity index (χ1n) is 8.28. The third kappa shape index (κ3) is 4.80. The van der Waals surface area contributed by atoms with Crippen LogP contribution in [-0.4, -0.2) is 44.3 Å². The van der Waals surface area contributed by atoms with Crippen molar-refractivity contribution in [2.75, 3.05) is 33.3 Å². The van der Waals surface area contributed by atoms with Crippen molar-refractivity contribution in [1.29, 1.82) is 0 Å². The van der Waals surface area contributed by atoms with E-state index in [0.29, 0.717) is 18.1 Å². The van der Waals surface area contributed by atoms with Gasteiger partial charge in [0.15, 0.2) is 0 Å². The fourth-order valence-electron chi connectivity index (χ4n) is 3.41. The van der Waals surface area contributed by atoms with Crippen molar-refractivity contribution in [3.63, 3.8) is 0 Å². The van der Waals surface area contributed by atoms with Gasteiger partial charge >= 0.3 is 0 Å². The van der Waals surface area contributed by atoms with E-state index in [1.54, 1.807) is 0 Å². The number of benzene rings is 1. The lowest BCUT2D eigenvalue weighted by molar-refractivity contribution is 0.0246. The molecule has 1 fully saturated rings. The number of likely N-dealkylation sites (tertiary alicyclic amines) is 1. The minimum Gasteiger partial charge on any atom is -0.380 e. The Bertz CT molecular complexity index is 395. The van der Waals surface area contributed by atoms with E-state index < -0.39 is 0 Å². The van der Waals surface area contributed by atoms with Gasteiger partial charge in [-0.05, 0) is 37.4 Å². The van der Waals surface area contributed by atoms with Crippen molar-refractivity contribution in [2.24, 2.45) is 5.92 Å². The number of piperidine rings is 1. The van der Waals surface area contributed by atoms with Crippen LogP contribution in [0.4, 0.5) is 0 Å². The first kappa shape index (κ1) is 16.5. The second kappa shape index (κ2) is 8.52. The molecule has 3 unspecified atom stereocenters. The summed E-state index contributed by atoms with van der Waals surface area (Å²) >= 11 is 0. The average molecular weight is 290 g/mol. The van der Waals surface area contributed by atoms with Crippen LogP contribution in [0.15, 0.2) is 30.3 Å². The van der Waals surface area contributed by atoms with E-state index in [-0.39, 0.29) is 0 Å². The normalized spacial score (nSPS) is 22.9. The van der Waals surface area contributed by atoms with E-state index in [9.17, 15) is 0 Å². The van der Waals surface area contributed by atoms with Gasteiger partial charge in [-0.1, -0.05) is 44.2 Å². The quantitative estimate of drug-likeness (QED) is 0.835. The maximum absolute atomic E-state index is 5.54. The van der Waals surface area contributed by atoms with E-state index in [0.717, 1.165) is 19.6 Å². The van der Waals surface area contributed by atoms with Gasteiger partial charge in [-0.2, -0.15) is 0 Å². The zero-order valence-corrected chi connectivity index (χ0v) is 13.7. The van der Waals surface area contributed by atoms with Crippen molar-refractivity contribution in [3.05, 3.63) is 35.9 Å². The van der Waals surface area contributed by atoms with Gasteiger partial charge in [-0.15, -0.1) is 0 Å². The number of rotatable bonds is 7. The molecular weight excluding hydrogens is 260 g/mol. The van der Waals surface area contributed by atoms with E-state index >= 15 is 0 Å². The Balaban J connectivity index is 1.97. The molecule has 3 heteroatoms. The van der Waals surface area contributed by atoms with Crippen LogP contribution in [0.25, 0.3) is 0 Å². The fourth-order valence-corrected chi connectivity index (χ4v) is 3.41. The smallest absolute Gasteiger partial charge is 0.0698 e. The number of nitrogens with one attached hydrogen (secondary N) is 1. The van der Waals surface area contributed by atoms with Crippen LogP contribution in [0.5, 0.6) is 0 Å². The Morgan fingerprint density at radius 3 is 2.76 bits per heavy atom. The molecule has 1 aliphatic heterocycles. The Kier molecular flexibility index (Phi) is 6.68. The van der Waals surface area contributed by atoms with E-state index in [1.165, 1.54) is 24.9 Å². The summed E-state index contributed by atoms with van der Waals surface area (Å²) in [6.07, 6.45) is 2.87. The molecule has 1 aliphatic rings. The molecule has 21 heavy (non-hydrogen) atoms. The Morgan fingerprint density at radius 2 is 2.10 bits per heavy atom. The Labute approximate surface area is 129 Å². The molecule has 1 aromatic rings. The SMILES string of the molecule is CCNC(c1ccccc1)C(C)CN1CCCC(OC)C1. The predicted octanol–water partition coefficient (Wildman–Crippen LogP) is 3.08. The Hall–Kier alpha value is -0.900. The van der Waals surface area contributed by atoms with Crippen molar-refractivity contribution >= 4 is 0 Å². The highest BCUT2D eigenvalue weighted by atomic mass is 16.5. The summed E-state index contributed by atoms with van der Waals surface area (Å²) in [6, 6.07) is 11.3. The van der Waals surface area contributed by atoms with Gasteiger partial charge in [0.2, 0.25) is 0 Å². The molecule has 2 rings (SSSR count). The van der Waals surface area contributed by atoms with Crippen molar-refractivity contribution < 1.29 is 4.74 Å². The molecule has 118 valence electrons. The molecule has 1 heterocycles. The second-order valence-electron chi connectivity index (χ2n) is 6.18. The zero-order valence-electron chi connectivity index (χ0n) is 13.7. The summed E-state index contributed by atoms with van der Waals surface area (Å²) in [6.45, 7) is 8.96. The highest BCUT2D eigenvalue weighted by Gasteiger charge is 2.24. The number of hydrogen-bond acceptors (Lipinski definition) is 3. The molecule has 3 nitrogen and oxygen atoms in total. The van der Waals surface area contributed by atoms with Gasteiger partial charge in [-0.3, -0.25) is 0 Å². The molecule has 0 bridgehead atoms. The van der Waals surface area contributed by atoms with Gasteiger partial charge in [0.1, 0.15) is 0 Å². The molecule has 0 aromatic heterocycles. The van der Waals surface area contributed by atoms with Crippen LogP contribution in [0.2, 0.25) is 0 Å². The van der Waals surface area contributed by atoms with Crippen LogP contribution in [0, 0.1) is 5.92 Å². The van der Waals surface area contributed by atoms with Crippen LogP contribution in [0.3, 0.4) is 0 Å². The summed E-state index contributed by atoms with van der Waals surface area (Å²) in [5, 5.41) is 3.66. The van der Waals surface area contributed by atoms with E-state index in [1.807, 2.05) is 7.11 Å². The molecule has 0 saturated carbocycles. The van der Waals surface area contributed by atoms with Crippen LogP contribution < -0.4 is 5.32 Å². The number of methoxy groups -OCH3 is 1.